The van der Waals surface area contributed by atoms with Gasteiger partial charge in [-0.25, -0.2) is 0 Å². The summed E-state index contributed by atoms with van der Waals surface area (Å²) in [6.45, 7) is 3.81. The van der Waals surface area contributed by atoms with Crippen LogP contribution in [-0.2, 0) is 27.8 Å². The first-order chi connectivity index (χ1) is 12.8. The molecule has 0 aliphatic carbocycles. The molecule has 1 N–H and O–H groups in total. The standard InChI is InChI=1S/C17H21ClN4O4S/c1-5-26-15(23)9-14-20-21-17(22(14)3)27-10(2)16(24)19-11-6-7-13(25-4)12(18)8-11/h6-8,10H,5,9H2,1-4H3,(H,19,24)/t10-/m1/s1. The Morgan fingerprint density at radius 2 is 2.11 bits per heavy atom. The molecule has 1 heterocycles. The molecule has 27 heavy (non-hydrogen) atoms. The maximum Gasteiger partial charge on any atom is 0.313 e. The number of thioether (sulfide) groups is 1. The van der Waals surface area contributed by atoms with Gasteiger partial charge in [0.05, 0.1) is 24.0 Å². The van der Waals surface area contributed by atoms with Crippen LogP contribution in [-0.4, -0.2) is 45.6 Å². The zero-order valence-electron chi connectivity index (χ0n) is 15.5. The summed E-state index contributed by atoms with van der Waals surface area (Å²) >= 11 is 7.31. The summed E-state index contributed by atoms with van der Waals surface area (Å²) in [6, 6.07) is 5.01. The lowest BCUT2D eigenvalue weighted by Gasteiger charge is -2.12. The number of carbonyl (C=O) groups excluding carboxylic acids is 2. The maximum atomic E-state index is 12.4. The van der Waals surface area contributed by atoms with E-state index in [-0.39, 0.29) is 18.3 Å². The number of methoxy groups -OCH3 is 1. The third kappa shape index (κ3) is 5.61. The lowest BCUT2D eigenvalue weighted by atomic mass is 10.3. The third-order valence-corrected chi connectivity index (χ3v) is 5.03. The molecular weight excluding hydrogens is 392 g/mol. The lowest BCUT2D eigenvalue weighted by molar-refractivity contribution is -0.142. The number of anilines is 1. The number of ether oxygens (including phenoxy) is 2. The Labute approximate surface area is 166 Å². The monoisotopic (exact) mass is 412 g/mol. The van der Waals surface area contributed by atoms with Crippen molar-refractivity contribution in [2.24, 2.45) is 7.05 Å². The van der Waals surface area contributed by atoms with Crippen LogP contribution in [0.5, 0.6) is 5.75 Å². The number of benzene rings is 1. The van der Waals surface area contributed by atoms with Crippen LogP contribution < -0.4 is 10.1 Å². The molecule has 2 rings (SSSR count). The molecule has 0 saturated carbocycles. The Morgan fingerprint density at radius 1 is 1.37 bits per heavy atom. The van der Waals surface area contributed by atoms with E-state index in [4.69, 9.17) is 21.1 Å². The molecule has 1 amide bonds. The number of carbonyl (C=O) groups is 2. The van der Waals surface area contributed by atoms with Gasteiger partial charge in [0, 0.05) is 12.7 Å². The summed E-state index contributed by atoms with van der Waals surface area (Å²) in [6.07, 6.45) is 0.0306. The van der Waals surface area contributed by atoms with Crippen molar-refractivity contribution in [1.29, 1.82) is 0 Å². The largest absolute Gasteiger partial charge is 0.495 e. The predicted molar refractivity (Wildman–Crippen MR) is 103 cm³/mol. The average molecular weight is 413 g/mol. The number of halogens is 1. The van der Waals surface area contributed by atoms with Gasteiger partial charge in [-0.2, -0.15) is 0 Å². The van der Waals surface area contributed by atoms with Gasteiger partial charge in [0.1, 0.15) is 18.0 Å². The Bertz CT molecular complexity index is 827. The van der Waals surface area contributed by atoms with E-state index in [1.54, 1.807) is 43.7 Å². The molecule has 10 heteroatoms. The van der Waals surface area contributed by atoms with E-state index in [0.717, 1.165) is 0 Å². The molecule has 0 aliphatic rings. The van der Waals surface area contributed by atoms with Gasteiger partial charge in [0.15, 0.2) is 5.16 Å². The quantitative estimate of drug-likeness (QED) is 0.526. The predicted octanol–water partition coefficient (Wildman–Crippen LogP) is 2.70. The van der Waals surface area contributed by atoms with Crippen molar-refractivity contribution in [3.63, 3.8) is 0 Å². The third-order valence-electron chi connectivity index (χ3n) is 3.60. The number of aromatic nitrogens is 3. The van der Waals surface area contributed by atoms with Gasteiger partial charge in [0.25, 0.3) is 0 Å². The highest BCUT2D eigenvalue weighted by Crippen LogP contribution is 2.28. The fourth-order valence-electron chi connectivity index (χ4n) is 2.14. The molecule has 146 valence electrons. The summed E-state index contributed by atoms with van der Waals surface area (Å²) in [5.41, 5.74) is 0.569. The second-order valence-electron chi connectivity index (χ2n) is 5.54. The minimum Gasteiger partial charge on any atom is -0.495 e. The maximum absolute atomic E-state index is 12.4. The van der Waals surface area contributed by atoms with Gasteiger partial charge < -0.3 is 19.4 Å². The molecule has 0 spiro atoms. The normalized spacial score (nSPS) is 11.7. The molecule has 8 nitrogen and oxygen atoms in total. The van der Waals surface area contributed by atoms with Crippen LogP contribution >= 0.6 is 23.4 Å². The fourth-order valence-corrected chi connectivity index (χ4v) is 3.23. The van der Waals surface area contributed by atoms with Crippen LogP contribution in [0.15, 0.2) is 23.4 Å². The van der Waals surface area contributed by atoms with Gasteiger partial charge in [-0.3, -0.25) is 9.59 Å². The van der Waals surface area contributed by atoms with E-state index in [1.165, 1.54) is 18.9 Å². The fraction of sp³-hybridized carbons (Fsp3) is 0.412. The van der Waals surface area contributed by atoms with E-state index in [9.17, 15) is 9.59 Å². The zero-order valence-corrected chi connectivity index (χ0v) is 17.1. The molecule has 2 aromatic rings. The molecule has 1 aromatic carbocycles. The van der Waals surface area contributed by atoms with Crippen LogP contribution in [0.1, 0.15) is 19.7 Å². The first-order valence-corrected chi connectivity index (χ1v) is 9.46. The van der Waals surface area contributed by atoms with Crippen molar-refractivity contribution in [3.8, 4) is 5.75 Å². The first kappa shape index (κ1) is 21.0. The summed E-state index contributed by atoms with van der Waals surface area (Å²) in [4.78, 5) is 24.0. The van der Waals surface area contributed by atoms with Crippen molar-refractivity contribution in [2.45, 2.75) is 30.7 Å². The number of hydrogen-bond donors (Lipinski definition) is 1. The van der Waals surface area contributed by atoms with Gasteiger partial charge in [-0.1, -0.05) is 23.4 Å². The molecule has 0 fully saturated rings. The highest BCUT2D eigenvalue weighted by molar-refractivity contribution is 8.00. The SMILES string of the molecule is CCOC(=O)Cc1nnc(S[C@H](C)C(=O)Nc2ccc(OC)c(Cl)c2)n1C. The second-order valence-corrected chi connectivity index (χ2v) is 7.25. The van der Waals surface area contributed by atoms with E-state index < -0.39 is 5.25 Å². The molecule has 0 radical (unpaired) electrons. The molecule has 0 saturated heterocycles. The highest BCUT2D eigenvalue weighted by atomic mass is 35.5. The summed E-state index contributed by atoms with van der Waals surface area (Å²) in [5.74, 6) is 0.429. The lowest BCUT2D eigenvalue weighted by Crippen LogP contribution is -2.23. The van der Waals surface area contributed by atoms with Crippen molar-refractivity contribution in [1.82, 2.24) is 14.8 Å². The molecule has 1 aromatic heterocycles. The molecular formula is C17H21ClN4O4S. The Hall–Kier alpha value is -2.26. The van der Waals surface area contributed by atoms with Crippen LogP contribution in [0.4, 0.5) is 5.69 Å². The van der Waals surface area contributed by atoms with E-state index in [0.29, 0.717) is 34.0 Å². The average Bonchev–Trinajstić information content (AvgIpc) is 2.95. The van der Waals surface area contributed by atoms with Crippen molar-refractivity contribution in [3.05, 3.63) is 29.0 Å². The smallest absolute Gasteiger partial charge is 0.313 e. The second kappa shape index (κ2) is 9.61. The zero-order chi connectivity index (χ0) is 20.0. The Morgan fingerprint density at radius 3 is 2.74 bits per heavy atom. The minimum atomic E-state index is -0.441. The topological polar surface area (TPSA) is 95.3 Å². The van der Waals surface area contributed by atoms with Crippen molar-refractivity contribution in [2.75, 3.05) is 19.0 Å². The molecule has 0 aliphatic heterocycles. The number of hydrogen-bond acceptors (Lipinski definition) is 7. The summed E-state index contributed by atoms with van der Waals surface area (Å²) in [5, 5.41) is 11.3. The number of esters is 1. The highest BCUT2D eigenvalue weighted by Gasteiger charge is 2.20. The van der Waals surface area contributed by atoms with Crippen LogP contribution in [0.3, 0.4) is 0 Å². The van der Waals surface area contributed by atoms with E-state index >= 15 is 0 Å². The number of amides is 1. The summed E-state index contributed by atoms with van der Waals surface area (Å²) in [7, 11) is 3.26. The molecule has 0 unspecified atom stereocenters. The number of rotatable bonds is 8. The van der Waals surface area contributed by atoms with E-state index in [1.807, 2.05) is 0 Å². The Kier molecular flexibility index (Phi) is 7.49. The number of nitrogens with one attached hydrogen (secondary N) is 1. The van der Waals surface area contributed by atoms with Crippen LogP contribution in [0.2, 0.25) is 5.02 Å². The summed E-state index contributed by atoms with van der Waals surface area (Å²) < 4.78 is 11.7. The van der Waals surface area contributed by atoms with Gasteiger partial charge >= 0.3 is 5.97 Å². The van der Waals surface area contributed by atoms with Gasteiger partial charge in [-0.15, -0.1) is 10.2 Å². The molecule has 1 atom stereocenters. The van der Waals surface area contributed by atoms with Crippen molar-refractivity contribution < 1.29 is 19.1 Å². The van der Waals surface area contributed by atoms with E-state index in [2.05, 4.69) is 15.5 Å². The number of nitrogens with zero attached hydrogens (tertiary/aromatic N) is 3. The van der Waals surface area contributed by atoms with Gasteiger partial charge in [0.2, 0.25) is 5.91 Å². The molecule has 0 bridgehead atoms. The first-order valence-electron chi connectivity index (χ1n) is 8.20. The van der Waals surface area contributed by atoms with Crippen LogP contribution in [0, 0.1) is 0 Å². The Balaban J connectivity index is 1.99. The van der Waals surface area contributed by atoms with Crippen LogP contribution in [0.25, 0.3) is 0 Å². The minimum absolute atomic E-state index is 0.0306. The van der Waals surface area contributed by atoms with Crippen molar-refractivity contribution >= 4 is 40.9 Å². The van der Waals surface area contributed by atoms with Gasteiger partial charge in [-0.05, 0) is 32.0 Å².